The number of oxazole rings is 1. The summed E-state index contributed by atoms with van der Waals surface area (Å²) in [5.41, 5.74) is 2.59. The van der Waals surface area contributed by atoms with Crippen LogP contribution >= 0.6 is 34.8 Å². The van der Waals surface area contributed by atoms with E-state index in [1.165, 1.54) is 12.1 Å². The average molecular weight is 449 g/mol. The van der Waals surface area contributed by atoms with Crippen molar-refractivity contribution in [3.63, 3.8) is 0 Å². The maximum Gasteiger partial charge on any atom is 0.262 e. The molecule has 0 radical (unpaired) electrons. The topological polar surface area (TPSA) is 77.2 Å². The highest BCUT2D eigenvalue weighted by Gasteiger charge is 2.12. The molecule has 2 heterocycles. The molecular weight excluding hydrogens is 437 g/mol. The smallest absolute Gasteiger partial charge is 0.262 e. The number of amides is 1. The number of ether oxygens (including phenoxy) is 1. The van der Waals surface area contributed by atoms with Gasteiger partial charge < -0.3 is 14.5 Å². The molecule has 146 valence electrons. The fraction of sp³-hybridized carbons (Fsp3) is 0.0500. The number of carbonyl (C=O) groups excluding carboxylic acids is 1. The molecule has 0 saturated carbocycles. The van der Waals surface area contributed by atoms with Crippen LogP contribution in [0.4, 0.5) is 5.69 Å². The molecule has 0 aliphatic rings. The third-order valence-electron chi connectivity index (χ3n) is 3.93. The number of fused-ring (bicyclic) bond motifs is 1. The summed E-state index contributed by atoms with van der Waals surface area (Å²) in [6.45, 7) is -0.253. The molecule has 0 aliphatic heterocycles. The number of anilines is 1. The summed E-state index contributed by atoms with van der Waals surface area (Å²) in [5, 5.41) is 3.60. The zero-order valence-corrected chi connectivity index (χ0v) is 16.9. The van der Waals surface area contributed by atoms with Crippen LogP contribution in [-0.4, -0.2) is 22.5 Å². The van der Waals surface area contributed by atoms with Crippen molar-refractivity contribution in [1.29, 1.82) is 0 Å². The lowest BCUT2D eigenvalue weighted by Gasteiger charge is -2.09. The molecule has 9 heteroatoms. The normalized spacial score (nSPS) is 10.9. The highest BCUT2D eigenvalue weighted by atomic mass is 35.5. The van der Waals surface area contributed by atoms with E-state index in [1.54, 1.807) is 42.7 Å². The molecule has 0 unspecified atom stereocenters. The first-order valence-corrected chi connectivity index (χ1v) is 9.51. The average Bonchev–Trinajstić information content (AvgIpc) is 3.14. The van der Waals surface area contributed by atoms with Crippen molar-refractivity contribution in [2.24, 2.45) is 0 Å². The Balaban J connectivity index is 1.45. The van der Waals surface area contributed by atoms with Crippen LogP contribution in [0.3, 0.4) is 0 Å². The molecule has 29 heavy (non-hydrogen) atoms. The van der Waals surface area contributed by atoms with E-state index in [2.05, 4.69) is 15.3 Å². The van der Waals surface area contributed by atoms with Gasteiger partial charge in [0.1, 0.15) is 11.3 Å². The Kier molecular flexibility index (Phi) is 5.58. The first-order chi connectivity index (χ1) is 14.0. The van der Waals surface area contributed by atoms with E-state index in [4.69, 9.17) is 44.0 Å². The molecule has 0 atom stereocenters. The van der Waals surface area contributed by atoms with Crippen molar-refractivity contribution in [1.82, 2.24) is 9.97 Å². The lowest BCUT2D eigenvalue weighted by molar-refractivity contribution is -0.118. The standard InChI is InChI=1S/C20H12Cl3N3O3/c21-13-8-15(23)18(9-14(13)22)28-10-19(27)25-12-1-2-17-16(7-12)26-20(29-17)11-3-5-24-6-4-11/h1-9H,10H2,(H,25,27). The van der Waals surface area contributed by atoms with Crippen LogP contribution in [0.15, 0.2) is 59.3 Å². The molecule has 0 aliphatic carbocycles. The number of rotatable bonds is 5. The first-order valence-electron chi connectivity index (χ1n) is 8.38. The second-order valence-corrected chi connectivity index (χ2v) is 7.19. The van der Waals surface area contributed by atoms with E-state index in [0.29, 0.717) is 27.7 Å². The van der Waals surface area contributed by atoms with Gasteiger partial charge in [0.25, 0.3) is 5.91 Å². The van der Waals surface area contributed by atoms with Gasteiger partial charge in [0.05, 0.1) is 15.1 Å². The lowest BCUT2D eigenvalue weighted by Crippen LogP contribution is -2.20. The number of nitrogens with zero attached hydrogens (tertiary/aromatic N) is 2. The van der Waals surface area contributed by atoms with Crippen LogP contribution < -0.4 is 10.1 Å². The molecule has 4 rings (SSSR count). The Labute approximate surface area is 180 Å². The number of halogens is 3. The molecule has 0 bridgehead atoms. The molecule has 4 aromatic rings. The van der Waals surface area contributed by atoms with Crippen molar-refractivity contribution in [2.75, 3.05) is 11.9 Å². The minimum absolute atomic E-state index is 0.253. The van der Waals surface area contributed by atoms with Gasteiger partial charge in [0.15, 0.2) is 12.2 Å². The van der Waals surface area contributed by atoms with E-state index in [0.717, 1.165) is 5.56 Å². The predicted molar refractivity (Wildman–Crippen MR) is 113 cm³/mol. The Morgan fingerprint density at radius 3 is 2.55 bits per heavy atom. The quantitative estimate of drug-likeness (QED) is 0.386. The maximum absolute atomic E-state index is 12.2. The molecule has 1 amide bonds. The third kappa shape index (κ3) is 4.45. The highest BCUT2D eigenvalue weighted by molar-refractivity contribution is 6.43. The molecule has 0 spiro atoms. The van der Waals surface area contributed by atoms with Crippen LogP contribution in [0.2, 0.25) is 15.1 Å². The van der Waals surface area contributed by atoms with Gasteiger partial charge in [0.2, 0.25) is 5.89 Å². The van der Waals surface area contributed by atoms with Gasteiger partial charge in [-0.05, 0) is 36.4 Å². The van der Waals surface area contributed by atoms with Crippen molar-refractivity contribution in [3.8, 4) is 17.2 Å². The van der Waals surface area contributed by atoms with Crippen LogP contribution in [0.5, 0.6) is 5.75 Å². The fourth-order valence-corrected chi connectivity index (χ4v) is 3.17. The summed E-state index contributed by atoms with van der Waals surface area (Å²) in [5.74, 6) is 0.373. The van der Waals surface area contributed by atoms with E-state index in [-0.39, 0.29) is 28.3 Å². The molecular formula is C20H12Cl3N3O3. The molecule has 1 N–H and O–H groups in total. The van der Waals surface area contributed by atoms with Gasteiger partial charge in [0, 0.05) is 29.7 Å². The second kappa shape index (κ2) is 8.29. The summed E-state index contributed by atoms with van der Waals surface area (Å²) in [4.78, 5) is 20.6. The summed E-state index contributed by atoms with van der Waals surface area (Å²) in [6, 6.07) is 11.7. The molecule has 2 aromatic carbocycles. The van der Waals surface area contributed by atoms with Crippen LogP contribution in [0.25, 0.3) is 22.6 Å². The van der Waals surface area contributed by atoms with Crippen molar-refractivity contribution >= 4 is 57.5 Å². The van der Waals surface area contributed by atoms with Crippen LogP contribution in [0.1, 0.15) is 0 Å². The number of nitrogens with one attached hydrogen (secondary N) is 1. The Hall–Kier alpha value is -2.80. The summed E-state index contributed by atoms with van der Waals surface area (Å²) in [7, 11) is 0. The Morgan fingerprint density at radius 1 is 1.00 bits per heavy atom. The first kappa shape index (κ1) is 19.5. The number of aromatic nitrogens is 2. The van der Waals surface area contributed by atoms with Gasteiger partial charge >= 0.3 is 0 Å². The largest absolute Gasteiger partial charge is 0.482 e. The highest BCUT2D eigenvalue weighted by Crippen LogP contribution is 2.33. The molecule has 6 nitrogen and oxygen atoms in total. The van der Waals surface area contributed by atoms with E-state index < -0.39 is 0 Å². The van der Waals surface area contributed by atoms with Gasteiger partial charge in [-0.25, -0.2) is 4.98 Å². The zero-order valence-electron chi connectivity index (χ0n) is 14.7. The maximum atomic E-state index is 12.2. The van der Waals surface area contributed by atoms with Crippen LogP contribution in [0, 0.1) is 0 Å². The second-order valence-electron chi connectivity index (χ2n) is 5.97. The monoisotopic (exact) mass is 447 g/mol. The van der Waals surface area contributed by atoms with Gasteiger partial charge in [-0.3, -0.25) is 9.78 Å². The van der Waals surface area contributed by atoms with Gasteiger partial charge in [-0.2, -0.15) is 0 Å². The number of pyridine rings is 1. The summed E-state index contributed by atoms with van der Waals surface area (Å²) < 4.78 is 11.2. The van der Waals surface area contributed by atoms with E-state index in [9.17, 15) is 4.79 Å². The number of carbonyl (C=O) groups is 1. The summed E-state index contributed by atoms with van der Waals surface area (Å²) in [6.07, 6.45) is 3.33. The third-order valence-corrected chi connectivity index (χ3v) is 4.95. The van der Waals surface area contributed by atoms with Crippen molar-refractivity contribution < 1.29 is 13.9 Å². The lowest BCUT2D eigenvalue weighted by atomic mass is 10.2. The fourth-order valence-electron chi connectivity index (χ4n) is 2.58. The number of hydrogen-bond acceptors (Lipinski definition) is 5. The van der Waals surface area contributed by atoms with E-state index in [1.807, 2.05) is 0 Å². The Morgan fingerprint density at radius 2 is 1.76 bits per heavy atom. The number of benzene rings is 2. The Bertz CT molecular complexity index is 1200. The number of hydrogen-bond donors (Lipinski definition) is 1. The van der Waals surface area contributed by atoms with Gasteiger partial charge in [-0.1, -0.05) is 34.8 Å². The predicted octanol–water partition coefficient (Wildman–Crippen LogP) is 5.87. The minimum Gasteiger partial charge on any atom is -0.482 e. The van der Waals surface area contributed by atoms with Crippen LogP contribution in [-0.2, 0) is 4.79 Å². The zero-order chi connectivity index (χ0) is 20.4. The van der Waals surface area contributed by atoms with Gasteiger partial charge in [-0.15, -0.1) is 0 Å². The molecule has 2 aromatic heterocycles. The molecule has 0 saturated heterocycles. The van der Waals surface area contributed by atoms with Crippen molar-refractivity contribution in [2.45, 2.75) is 0 Å². The van der Waals surface area contributed by atoms with Crippen molar-refractivity contribution in [3.05, 3.63) is 69.9 Å². The summed E-state index contributed by atoms with van der Waals surface area (Å²) >= 11 is 17.9. The SMILES string of the molecule is O=C(COc1cc(Cl)c(Cl)cc1Cl)Nc1ccc2oc(-c3ccncc3)nc2c1. The minimum atomic E-state index is -0.371. The van der Waals surface area contributed by atoms with E-state index >= 15 is 0 Å². The molecule has 0 fully saturated rings.